The number of furan rings is 1. The molecule has 0 bridgehead atoms. The molecule has 0 aliphatic rings. The van der Waals surface area contributed by atoms with Gasteiger partial charge in [0.25, 0.3) is 5.91 Å². The van der Waals surface area contributed by atoms with Gasteiger partial charge in [0.2, 0.25) is 0 Å². The van der Waals surface area contributed by atoms with Crippen molar-refractivity contribution in [2.45, 2.75) is 20.4 Å². The Hall–Kier alpha value is -2.34. The number of nitrogens with two attached hydrogens (primary N) is 1. The van der Waals surface area contributed by atoms with Crippen LogP contribution in [0.1, 0.15) is 27.6 Å². The second kappa shape index (κ2) is 5.53. The van der Waals surface area contributed by atoms with Crippen LogP contribution in [0.25, 0.3) is 0 Å². The molecule has 0 aliphatic carbocycles. The largest absolute Gasteiger partial charge is 0.465 e. The van der Waals surface area contributed by atoms with Crippen LogP contribution in [0.4, 0.5) is 5.82 Å². The average molecular weight is 260 g/mol. The van der Waals surface area contributed by atoms with E-state index in [9.17, 15) is 4.79 Å². The number of aromatic nitrogens is 1. The van der Waals surface area contributed by atoms with E-state index >= 15 is 0 Å². The fraction of sp³-hybridized carbons (Fsp3) is 0.231. The van der Waals surface area contributed by atoms with E-state index in [0.29, 0.717) is 23.7 Å². The number of aryl methyl sites for hydroxylation is 2. The Morgan fingerprint density at radius 3 is 2.79 bits per heavy atom. The number of nitrogens with zero attached hydrogens (tertiary/aromatic N) is 1. The molecule has 6 heteroatoms. The van der Waals surface area contributed by atoms with E-state index in [1.807, 2.05) is 19.1 Å². The predicted molar refractivity (Wildman–Crippen MR) is 71.4 cm³/mol. The zero-order chi connectivity index (χ0) is 13.8. The highest BCUT2D eigenvalue weighted by molar-refractivity contribution is 5.94. The summed E-state index contributed by atoms with van der Waals surface area (Å²) < 4.78 is 5.38. The molecule has 0 fully saturated rings. The molecule has 0 saturated carbocycles. The van der Waals surface area contributed by atoms with Crippen LogP contribution in [0, 0.1) is 13.8 Å². The highest BCUT2D eigenvalue weighted by Crippen LogP contribution is 2.10. The summed E-state index contributed by atoms with van der Waals surface area (Å²) in [7, 11) is 0. The second-order valence-corrected chi connectivity index (χ2v) is 4.22. The van der Waals surface area contributed by atoms with Crippen molar-refractivity contribution >= 4 is 11.7 Å². The van der Waals surface area contributed by atoms with E-state index < -0.39 is 0 Å². The molecule has 0 atom stereocenters. The highest BCUT2D eigenvalue weighted by Gasteiger charge is 2.09. The monoisotopic (exact) mass is 260 g/mol. The van der Waals surface area contributed by atoms with Gasteiger partial charge in [0, 0.05) is 11.3 Å². The number of hydrazine groups is 1. The summed E-state index contributed by atoms with van der Waals surface area (Å²) >= 11 is 0. The Balaban J connectivity index is 2.05. The molecule has 0 radical (unpaired) electrons. The molecule has 19 heavy (non-hydrogen) atoms. The molecule has 2 aromatic heterocycles. The summed E-state index contributed by atoms with van der Waals surface area (Å²) in [4.78, 5) is 16.1. The standard InChI is InChI=1S/C13H16N4O2/c1-8-5-10(6-12(16-8)17-14)13(18)15-7-11-4-3-9(2)19-11/h3-6H,7,14H2,1-2H3,(H,15,18)(H,16,17). The van der Waals surface area contributed by atoms with Crippen molar-refractivity contribution < 1.29 is 9.21 Å². The van der Waals surface area contributed by atoms with E-state index in [2.05, 4.69) is 15.7 Å². The Kier molecular flexibility index (Phi) is 3.82. The van der Waals surface area contributed by atoms with Crippen LogP contribution < -0.4 is 16.6 Å². The van der Waals surface area contributed by atoms with Crippen molar-refractivity contribution in [1.29, 1.82) is 0 Å². The number of hydrogen-bond donors (Lipinski definition) is 3. The van der Waals surface area contributed by atoms with Crippen LogP contribution in [-0.2, 0) is 6.54 Å². The van der Waals surface area contributed by atoms with Crippen LogP contribution >= 0.6 is 0 Å². The van der Waals surface area contributed by atoms with Gasteiger partial charge in [-0.2, -0.15) is 0 Å². The van der Waals surface area contributed by atoms with Gasteiger partial charge in [0.1, 0.15) is 17.3 Å². The maximum absolute atomic E-state index is 12.0. The third-order valence-corrected chi connectivity index (χ3v) is 2.58. The Bertz CT molecular complexity index is 592. The molecule has 0 saturated heterocycles. The smallest absolute Gasteiger partial charge is 0.251 e. The van der Waals surface area contributed by atoms with Crippen molar-refractivity contribution in [3.63, 3.8) is 0 Å². The lowest BCUT2D eigenvalue weighted by molar-refractivity contribution is 0.0947. The number of nitrogens with one attached hydrogen (secondary N) is 2. The number of rotatable bonds is 4. The third-order valence-electron chi connectivity index (χ3n) is 2.58. The summed E-state index contributed by atoms with van der Waals surface area (Å²) in [5.74, 6) is 7.09. The van der Waals surface area contributed by atoms with E-state index in [4.69, 9.17) is 10.3 Å². The van der Waals surface area contributed by atoms with Gasteiger partial charge in [-0.1, -0.05) is 0 Å². The van der Waals surface area contributed by atoms with Gasteiger partial charge in [-0.05, 0) is 38.1 Å². The lowest BCUT2D eigenvalue weighted by Gasteiger charge is -2.06. The first-order chi connectivity index (χ1) is 9.08. The van der Waals surface area contributed by atoms with Crippen LogP contribution in [-0.4, -0.2) is 10.9 Å². The van der Waals surface area contributed by atoms with Gasteiger partial charge in [0.15, 0.2) is 0 Å². The predicted octanol–water partition coefficient (Wildman–Crippen LogP) is 1.51. The summed E-state index contributed by atoms with van der Waals surface area (Å²) in [5, 5.41) is 2.78. The van der Waals surface area contributed by atoms with Crippen LogP contribution in [0.5, 0.6) is 0 Å². The zero-order valence-corrected chi connectivity index (χ0v) is 10.9. The summed E-state index contributed by atoms with van der Waals surface area (Å²) in [5.41, 5.74) is 3.65. The Labute approximate surface area is 111 Å². The molecule has 2 aromatic rings. The fourth-order valence-electron chi connectivity index (χ4n) is 1.72. The van der Waals surface area contributed by atoms with Gasteiger partial charge in [-0.3, -0.25) is 4.79 Å². The van der Waals surface area contributed by atoms with Gasteiger partial charge < -0.3 is 15.2 Å². The minimum Gasteiger partial charge on any atom is -0.465 e. The number of hydrogen-bond acceptors (Lipinski definition) is 5. The maximum atomic E-state index is 12.0. The average Bonchev–Trinajstić information content (AvgIpc) is 2.81. The van der Waals surface area contributed by atoms with Crippen molar-refractivity contribution in [3.8, 4) is 0 Å². The first-order valence-corrected chi connectivity index (χ1v) is 5.87. The van der Waals surface area contributed by atoms with E-state index in [-0.39, 0.29) is 5.91 Å². The number of anilines is 1. The van der Waals surface area contributed by atoms with Crippen molar-refractivity contribution in [2.24, 2.45) is 5.84 Å². The molecule has 100 valence electrons. The summed E-state index contributed by atoms with van der Waals surface area (Å²) in [6.07, 6.45) is 0. The van der Waals surface area contributed by atoms with Gasteiger partial charge in [-0.15, -0.1) is 0 Å². The number of carbonyl (C=O) groups excluding carboxylic acids is 1. The molecule has 0 aromatic carbocycles. The Morgan fingerprint density at radius 1 is 1.37 bits per heavy atom. The Morgan fingerprint density at radius 2 is 2.16 bits per heavy atom. The molecule has 0 spiro atoms. The first kappa shape index (κ1) is 13.1. The maximum Gasteiger partial charge on any atom is 0.251 e. The molecule has 0 aliphatic heterocycles. The molecule has 2 rings (SSSR count). The minimum atomic E-state index is -0.198. The molecule has 6 nitrogen and oxygen atoms in total. The zero-order valence-electron chi connectivity index (χ0n) is 10.9. The van der Waals surface area contributed by atoms with Gasteiger partial charge in [0.05, 0.1) is 6.54 Å². The molecule has 2 heterocycles. The number of amides is 1. The molecular formula is C13H16N4O2. The second-order valence-electron chi connectivity index (χ2n) is 4.22. The van der Waals surface area contributed by atoms with Crippen LogP contribution in [0.3, 0.4) is 0 Å². The summed E-state index contributed by atoms with van der Waals surface area (Å²) in [6.45, 7) is 4.00. The van der Waals surface area contributed by atoms with Crippen molar-refractivity contribution in [1.82, 2.24) is 10.3 Å². The van der Waals surface area contributed by atoms with Crippen LogP contribution in [0.2, 0.25) is 0 Å². The van der Waals surface area contributed by atoms with E-state index in [1.54, 1.807) is 19.1 Å². The molecule has 4 N–H and O–H groups in total. The van der Waals surface area contributed by atoms with E-state index in [0.717, 1.165) is 11.5 Å². The molecule has 1 amide bonds. The third kappa shape index (κ3) is 3.32. The number of nitrogen functional groups attached to an aromatic ring is 1. The lowest BCUT2D eigenvalue weighted by atomic mass is 10.2. The summed E-state index contributed by atoms with van der Waals surface area (Å²) in [6, 6.07) is 6.98. The SMILES string of the molecule is Cc1cc(C(=O)NCc2ccc(C)o2)cc(NN)n1. The molecular weight excluding hydrogens is 244 g/mol. The van der Waals surface area contributed by atoms with Gasteiger partial charge in [-0.25, -0.2) is 10.8 Å². The normalized spacial score (nSPS) is 10.3. The number of carbonyl (C=O) groups is 1. The quantitative estimate of drug-likeness (QED) is 0.572. The number of pyridine rings is 1. The minimum absolute atomic E-state index is 0.198. The lowest BCUT2D eigenvalue weighted by Crippen LogP contribution is -2.23. The van der Waals surface area contributed by atoms with Crippen LogP contribution in [0.15, 0.2) is 28.7 Å². The van der Waals surface area contributed by atoms with Crippen molar-refractivity contribution in [2.75, 3.05) is 5.43 Å². The van der Waals surface area contributed by atoms with Crippen molar-refractivity contribution in [3.05, 3.63) is 47.0 Å². The first-order valence-electron chi connectivity index (χ1n) is 5.87. The fourth-order valence-corrected chi connectivity index (χ4v) is 1.72. The van der Waals surface area contributed by atoms with E-state index in [1.165, 1.54) is 0 Å². The topological polar surface area (TPSA) is 93.2 Å². The highest BCUT2D eigenvalue weighted by atomic mass is 16.3. The molecule has 0 unspecified atom stereocenters. The van der Waals surface area contributed by atoms with Gasteiger partial charge >= 0.3 is 0 Å².